The van der Waals surface area contributed by atoms with Crippen molar-refractivity contribution in [1.82, 2.24) is 10.2 Å². The van der Waals surface area contributed by atoms with E-state index in [1.165, 1.54) is 30.1 Å². The first kappa shape index (κ1) is 30.7. The lowest BCUT2D eigenvalue weighted by Gasteiger charge is -2.33. The van der Waals surface area contributed by atoms with Gasteiger partial charge < -0.3 is 10.2 Å². The van der Waals surface area contributed by atoms with E-state index in [0.717, 1.165) is 23.3 Å². The number of carbonyl (C=O) groups is 2. The number of alkyl halides is 3. The van der Waals surface area contributed by atoms with E-state index in [9.17, 15) is 31.2 Å². The number of benzene rings is 3. The number of hydrogen-bond donors (Lipinski definition) is 1. The van der Waals surface area contributed by atoms with Crippen molar-refractivity contribution in [2.75, 3.05) is 17.9 Å². The minimum atomic E-state index is -4.73. The first-order chi connectivity index (χ1) is 18.8. The van der Waals surface area contributed by atoms with Gasteiger partial charge in [0.1, 0.15) is 12.6 Å². The van der Waals surface area contributed by atoms with Gasteiger partial charge in [-0.05, 0) is 56.2 Å². The van der Waals surface area contributed by atoms with E-state index in [1.807, 2.05) is 19.1 Å². The number of rotatable bonds is 10. The Morgan fingerprint density at radius 3 is 2.02 bits per heavy atom. The van der Waals surface area contributed by atoms with Gasteiger partial charge in [0.05, 0.1) is 16.1 Å². The molecule has 11 heteroatoms. The average molecular weight is 576 g/mol. The van der Waals surface area contributed by atoms with Gasteiger partial charge in [-0.25, -0.2) is 8.42 Å². The molecular formula is C29H32F3N3O4S. The Bertz CT molecular complexity index is 1440. The number of sulfonamides is 1. The van der Waals surface area contributed by atoms with Crippen molar-refractivity contribution in [3.63, 3.8) is 0 Å². The minimum Gasteiger partial charge on any atom is -0.357 e. The maximum Gasteiger partial charge on any atom is 0.416 e. The summed E-state index contributed by atoms with van der Waals surface area (Å²) in [6.07, 6.45) is -4.51. The molecule has 0 saturated heterocycles. The number of amides is 2. The summed E-state index contributed by atoms with van der Waals surface area (Å²) in [7, 11) is -3.05. The smallest absolute Gasteiger partial charge is 0.357 e. The van der Waals surface area contributed by atoms with Crippen LogP contribution in [0.5, 0.6) is 0 Å². The molecule has 3 rings (SSSR count). The molecule has 214 valence electrons. The van der Waals surface area contributed by atoms with Gasteiger partial charge in [0.25, 0.3) is 10.0 Å². The molecule has 0 aliphatic carbocycles. The second-order valence-corrected chi connectivity index (χ2v) is 11.3. The van der Waals surface area contributed by atoms with Gasteiger partial charge in [0.15, 0.2) is 0 Å². The molecule has 3 aromatic rings. The molecule has 2 amide bonds. The van der Waals surface area contributed by atoms with Crippen molar-refractivity contribution < 1.29 is 31.2 Å². The van der Waals surface area contributed by atoms with Crippen molar-refractivity contribution in [1.29, 1.82) is 0 Å². The zero-order chi connectivity index (χ0) is 29.7. The summed E-state index contributed by atoms with van der Waals surface area (Å²) in [5.74, 6) is -1.20. The number of aryl methyl sites for hydroxylation is 2. The van der Waals surface area contributed by atoms with Crippen molar-refractivity contribution in [3.05, 3.63) is 95.1 Å². The minimum absolute atomic E-state index is 0.00789. The fourth-order valence-corrected chi connectivity index (χ4v) is 5.59. The molecule has 0 aromatic heterocycles. The Morgan fingerprint density at radius 1 is 0.925 bits per heavy atom. The largest absolute Gasteiger partial charge is 0.416 e. The highest BCUT2D eigenvalue weighted by molar-refractivity contribution is 7.92. The predicted molar refractivity (Wildman–Crippen MR) is 147 cm³/mol. The first-order valence-corrected chi connectivity index (χ1v) is 14.0. The van der Waals surface area contributed by atoms with Crippen LogP contribution in [-0.4, -0.2) is 44.8 Å². The first-order valence-electron chi connectivity index (χ1n) is 12.6. The van der Waals surface area contributed by atoms with Gasteiger partial charge in [-0.2, -0.15) is 13.2 Å². The Morgan fingerprint density at radius 2 is 1.50 bits per heavy atom. The SMILES string of the molecule is CC[C@@H](C(=O)NC)N(Cc1ccc(C)cc1)C(=O)CN(c1cccc(C(F)(F)F)c1)S(=O)(=O)c1ccc(C)cc1. The summed E-state index contributed by atoms with van der Waals surface area (Å²) < 4.78 is 68.9. The van der Waals surface area contributed by atoms with Gasteiger partial charge in [-0.1, -0.05) is 60.5 Å². The predicted octanol–water partition coefficient (Wildman–Crippen LogP) is 5.07. The maximum absolute atomic E-state index is 13.9. The molecule has 3 aromatic carbocycles. The van der Waals surface area contributed by atoms with Crippen LogP contribution in [0.3, 0.4) is 0 Å². The summed E-state index contributed by atoms with van der Waals surface area (Å²) in [5.41, 5.74) is 1.08. The quantitative estimate of drug-likeness (QED) is 0.366. The molecule has 0 saturated carbocycles. The van der Waals surface area contributed by atoms with Crippen LogP contribution in [0.2, 0.25) is 0 Å². The Kier molecular flexibility index (Phi) is 9.62. The number of carbonyl (C=O) groups excluding carboxylic acids is 2. The molecule has 0 spiro atoms. The molecular weight excluding hydrogens is 543 g/mol. The standard InChI is InChI=1S/C29H32F3N3O4S/c1-5-26(28(37)33-4)34(18-22-13-9-20(2)10-14-22)27(36)19-35(24-8-6-7-23(17-24)29(30,31)32)40(38,39)25-15-11-21(3)12-16-25/h6-17,26H,5,18-19H2,1-4H3,(H,33,37)/t26-/m0/s1. The Labute approximate surface area is 232 Å². The number of halogens is 3. The van der Waals surface area contributed by atoms with E-state index in [0.29, 0.717) is 15.9 Å². The monoisotopic (exact) mass is 575 g/mol. The summed E-state index contributed by atoms with van der Waals surface area (Å²) in [4.78, 5) is 27.7. The molecule has 40 heavy (non-hydrogen) atoms. The van der Waals surface area contributed by atoms with E-state index in [-0.39, 0.29) is 23.5 Å². The molecule has 1 atom stereocenters. The van der Waals surface area contributed by atoms with E-state index < -0.39 is 46.2 Å². The Balaban J connectivity index is 2.11. The van der Waals surface area contributed by atoms with Gasteiger partial charge >= 0.3 is 6.18 Å². The van der Waals surface area contributed by atoms with Crippen LogP contribution >= 0.6 is 0 Å². The molecule has 0 bridgehead atoms. The van der Waals surface area contributed by atoms with Crippen LogP contribution in [0.4, 0.5) is 18.9 Å². The molecule has 0 fully saturated rings. The third kappa shape index (κ3) is 7.20. The summed E-state index contributed by atoms with van der Waals surface area (Å²) in [6.45, 7) is 4.54. The van der Waals surface area contributed by atoms with Gasteiger partial charge in [-0.3, -0.25) is 13.9 Å². The number of anilines is 1. The van der Waals surface area contributed by atoms with Gasteiger partial charge in [0, 0.05) is 13.6 Å². The van der Waals surface area contributed by atoms with E-state index in [4.69, 9.17) is 0 Å². The third-order valence-corrected chi connectivity index (χ3v) is 8.24. The zero-order valence-corrected chi connectivity index (χ0v) is 23.5. The van der Waals surface area contributed by atoms with Gasteiger partial charge in [0.2, 0.25) is 11.8 Å². The molecule has 0 heterocycles. The topological polar surface area (TPSA) is 86.8 Å². The van der Waals surface area contributed by atoms with Crippen molar-refractivity contribution >= 4 is 27.5 Å². The fraction of sp³-hybridized carbons (Fsp3) is 0.310. The molecule has 0 aliphatic rings. The van der Waals surface area contributed by atoms with E-state index in [2.05, 4.69) is 5.32 Å². The summed E-state index contributed by atoms with van der Waals surface area (Å²) >= 11 is 0. The summed E-state index contributed by atoms with van der Waals surface area (Å²) in [5, 5.41) is 2.53. The zero-order valence-electron chi connectivity index (χ0n) is 22.7. The normalized spacial score (nSPS) is 12.5. The maximum atomic E-state index is 13.9. The van der Waals surface area contributed by atoms with Crippen LogP contribution < -0.4 is 9.62 Å². The van der Waals surface area contributed by atoms with Crippen LogP contribution in [0, 0.1) is 13.8 Å². The van der Waals surface area contributed by atoms with Gasteiger partial charge in [-0.15, -0.1) is 0 Å². The molecule has 0 aliphatic heterocycles. The van der Waals surface area contributed by atoms with E-state index in [1.54, 1.807) is 38.1 Å². The van der Waals surface area contributed by atoms with Crippen molar-refractivity contribution in [2.24, 2.45) is 0 Å². The number of nitrogens with zero attached hydrogens (tertiary/aromatic N) is 2. The lowest BCUT2D eigenvalue weighted by molar-refractivity contribution is -0.140. The number of hydrogen-bond acceptors (Lipinski definition) is 4. The van der Waals surface area contributed by atoms with Crippen LogP contribution in [-0.2, 0) is 32.3 Å². The van der Waals surface area contributed by atoms with Crippen molar-refractivity contribution in [3.8, 4) is 0 Å². The number of nitrogens with one attached hydrogen (secondary N) is 1. The lowest BCUT2D eigenvalue weighted by Crippen LogP contribution is -2.51. The van der Waals surface area contributed by atoms with Crippen LogP contribution in [0.25, 0.3) is 0 Å². The molecule has 0 radical (unpaired) electrons. The highest BCUT2D eigenvalue weighted by Gasteiger charge is 2.35. The second kappa shape index (κ2) is 12.5. The fourth-order valence-electron chi connectivity index (χ4n) is 4.18. The lowest BCUT2D eigenvalue weighted by atomic mass is 10.1. The van der Waals surface area contributed by atoms with Crippen LogP contribution in [0.15, 0.2) is 77.7 Å². The average Bonchev–Trinajstić information content (AvgIpc) is 2.92. The summed E-state index contributed by atoms with van der Waals surface area (Å²) in [6, 6.07) is 15.9. The Hall–Kier alpha value is -3.86. The highest BCUT2D eigenvalue weighted by atomic mass is 32.2. The second-order valence-electron chi connectivity index (χ2n) is 9.42. The molecule has 1 N–H and O–H groups in total. The van der Waals surface area contributed by atoms with Crippen LogP contribution in [0.1, 0.15) is 35.6 Å². The molecule has 7 nitrogen and oxygen atoms in total. The number of likely N-dealkylation sites (N-methyl/N-ethyl adjacent to an activating group) is 1. The van der Waals surface area contributed by atoms with E-state index >= 15 is 0 Å². The molecule has 0 unspecified atom stereocenters. The van der Waals surface area contributed by atoms with Crippen molar-refractivity contribution in [2.45, 2.75) is 50.9 Å². The third-order valence-electron chi connectivity index (χ3n) is 6.46. The highest BCUT2D eigenvalue weighted by Crippen LogP contribution is 2.33.